The molecule has 110 valence electrons. The number of carbonyl (C=O) groups is 1. The van der Waals surface area contributed by atoms with Crippen molar-refractivity contribution in [3.63, 3.8) is 0 Å². The van der Waals surface area contributed by atoms with Crippen molar-refractivity contribution in [1.29, 1.82) is 0 Å². The molecule has 1 amide bonds. The molecule has 1 heterocycles. The van der Waals surface area contributed by atoms with Crippen molar-refractivity contribution in [2.24, 2.45) is 5.73 Å². The number of ether oxygens (including phenoxy) is 3. The fourth-order valence-electron chi connectivity index (χ4n) is 2.13. The van der Waals surface area contributed by atoms with Gasteiger partial charge in [-0.25, -0.2) is 0 Å². The first-order valence-corrected chi connectivity index (χ1v) is 6.56. The second-order valence-corrected chi connectivity index (χ2v) is 4.68. The van der Waals surface area contributed by atoms with Gasteiger partial charge in [-0.3, -0.25) is 9.69 Å². The number of primary amides is 1. The number of nitrogens with zero attached hydrogens (tertiary/aromatic N) is 1. The molecular weight excluding hydrogens is 260 g/mol. The second-order valence-electron chi connectivity index (χ2n) is 4.68. The van der Waals surface area contributed by atoms with Crippen molar-refractivity contribution in [2.45, 2.75) is 6.10 Å². The highest BCUT2D eigenvalue weighted by Crippen LogP contribution is 2.19. The molecule has 1 fully saturated rings. The Morgan fingerprint density at radius 3 is 3.05 bits per heavy atom. The first-order chi connectivity index (χ1) is 9.67. The van der Waals surface area contributed by atoms with Gasteiger partial charge in [0.15, 0.2) is 0 Å². The van der Waals surface area contributed by atoms with Crippen molar-refractivity contribution in [3.05, 3.63) is 24.3 Å². The number of methoxy groups -OCH3 is 1. The van der Waals surface area contributed by atoms with Gasteiger partial charge in [0.05, 0.1) is 20.3 Å². The summed E-state index contributed by atoms with van der Waals surface area (Å²) in [5, 5.41) is 0. The van der Waals surface area contributed by atoms with Gasteiger partial charge >= 0.3 is 0 Å². The van der Waals surface area contributed by atoms with Crippen LogP contribution in [0, 0.1) is 0 Å². The summed E-state index contributed by atoms with van der Waals surface area (Å²) < 4.78 is 16.4. The van der Waals surface area contributed by atoms with Crippen LogP contribution in [0.2, 0.25) is 0 Å². The van der Waals surface area contributed by atoms with Crippen LogP contribution in [-0.4, -0.2) is 56.9 Å². The smallest absolute Gasteiger partial charge is 0.231 e. The van der Waals surface area contributed by atoms with Gasteiger partial charge in [-0.1, -0.05) is 6.07 Å². The molecular formula is C14H20N2O4. The number of rotatable bonds is 6. The average molecular weight is 280 g/mol. The van der Waals surface area contributed by atoms with Gasteiger partial charge in [0.1, 0.15) is 24.2 Å². The van der Waals surface area contributed by atoms with E-state index in [1.165, 1.54) is 0 Å². The third-order valence-electron chi connectivity index (χ3n) is 3.08. The Hall–Kier alpha value is -1.79. The lowest BCUT2D eigenvalue weighted by Crippen LogP contribution is -2.47. The highest BCUT2D eigenvalue weighted by molar-refractivity contribution is 5.75. The van der Waals surface area contributed by atoms with Gasteiger partial charge in [0.25, 0.3) is 0 Å². The van der Waals surface area contributed by atoms with Crippen LogP contribution in [0.15, 0.2) is 24.3 Å². The van der Waals surface area contributed by atoms with Gasteiger partial charge in [0, 0.05) is 19.2 Å². The monoisotopic (exact) mass is 280 g/mol. The molecule has 2 N–H and O–H groups in total. The maximum atomic E-state index is 10.9. The summed E-state index contributed by atoms with van der Waals surface area (Å²) in [5.74, 6) is 1.17. The van der Waals surface area contributed by atoms with Crippen molar-refractivity contribution in [2.75, 3.05) is 40.0 Å². The van der Waals surface area contributed by atoms with Crippen molar-refractivity contribution >= 4 is 5.91 Å². The molecule has 0 radical (unpaired) electrons. The molecule has 6 heteroatoms. The quantitative estimate of drug-likeness (QED) is 0.809. The molecule has 0 aromatic heterocycles. The van der Waals surface area contributed by atoms with Crippen LogP contribution in [0.3, 0.4) is 0 Å². The molecule has 6 nitrogen and oxygen atoms in total. The third-order valence-corrected chi connectivity index (χ3v) is 3.08. The molecule has 0 unspecified atom stereocenters. The zero-order valence-electron chi connectivity index (χ0n) is 11.6. The van der Waals surface area contributed by atoms with Gasteiger partial charge in [0.2, 0.25) is 5.91 Å². The number of carbonyl (C=O) groups excluding carboxylic acids is 1. The maximum Gasteiger partial charge on any atom is 0.231 e. The van der Waals surface area contributed by atoms with Crippen molar-refractivity contribution < 1.29 is 19.0 Å². The molecule has 2 rings (SSSR count). The fraction of sp³-hybridized carbons (Fsp3) is 0.500. The van der Waals surface area contributed by atoms with E-state index in [0.29, 0.717) is 19.8 Å². The Morgan fingerprint density at radius 1 is 1.50 bits per heavy atom. The zero-order valence-corrected chi connectivity index (χ0v) is 11.6. The lowest BCUT2D eigenvalue weighted by Gasteiger charge is -2.31. The zero-order chi connectivity index (χ0) is 14.4. The van der Waals surface area contributed by atoms with Crippen LogP contribution in [0.5, 0.6) is 11.5 Å². The summed E-state index contributed by atoms with van der Waals surface area (Å²) in [5.41, 5.74) is 5.20. The Balaban J connectivity index is 1.82. The first-order valence-electron chi connectivity index (χ1n) is 6.56. The van der Waals surface area contributed by atoms with Gasteiger partial charge in [-0.2, -0.15) is 0 Å². The number of amides is 1. The van der Waals surface area contributed by atoms with E-state index in [9.17, 15) is 4.79 Å². The fourth-order valence-corrected chi connectivity index (χ4v) is 2.13. The Morgan fingerprint density at radius 2 is 2.30 bits per heavy atom. The van der Waals surface area contributed by atoms with E-state index in [0.717, 1.165) is 18.0 Å². The Bertz CT molecular complexity index is 453. The summed E-state index contributed by atoms with van der Waals surface area (Å²) in [4.78, 5) is 12.9. The van der Waals surface area contributed by atoms with E-state index in [1.54, 1.807) is 7.11 Å². The molecule has 1 aliphatic rings. The summed E-state index contributed by atoms with van der Waals surface area (Å²) >= 11 is 0. The molecule has 0 aliphatic carbocycles. The first kappa shape index (κ1) is 14.6. The molecule has 0 saturated carbocycles. The number of hydrogen-bond donors (Lipinski definition) is 1. The molecule has 20 heavy (non-hydrogen) atoms. The topological polar surface area (TPSA) is 74.0 Å². The van der Waals surface area contributed by atoms with E-state index < -0.39 is 0 Å². The minimum atomic E-state index is -0.320. The molecule has 1 aromatic rings. The molecule has 1 aliphatic heterocycles. The van der Waals surface area contributed by atoms with Crippen LogP contribution in [0.4, 0.5) is 0 Å². The van der Waals surface area contributed by atoms with Crippen molar-refractivity contribution in [1.82, 2.24) is 4.90 Å². The number of benzene rings is 1. The lowest BCUT2D eigenvalue weighted by atomic mass is 10.2. The van der Waals surface area contributed by atoms with Crippen LogP contribution in [-0.2, 0) is 9.53 Å². The number of morpholine rings is 1. The van der Waals surface area contributed by atoms with Crippen LogP contribution >= 0.6 is 0 Å². The van der Waals surface area contributed by atoms with Crippen LogP contribution in [0.25, 0.3) is 0 Å². The van der Waals surface area contributed by atoms with E-state index in [4.69, 9.17) is 19.9 Å². The molecule has 0 spiro atoms. The van der Waals surface area contributed by atoms with Crippen LogP contribution in [0.1, 0.15) is 0 Å². The third kappa shape index (κ3) is 4.40. The maximum absolute atomic E-state index is 10.9. The molecule has 1 atom stereocenters. The minimum Gasteiger partial charge on any atom is -0.497 e. The lowest BCUT2D eigenvalue weighted by molar-refractivity contribution is -0.121. The molecule has 1 saturated heterocycles. The molecule has 1 aromatic carbocycles. The van der Waals surface area contributed by atoms with Gasteiger partial charge in [-0.05, 0) is 12.1 Å². The summed E-state index contributed by atoms with van der Waals surface area (Å²) in [7, 11) is 1.62. The highest BCUT2D eigenvalue weighted by atomic mass is 16.5. The van der Waals surface area contributed by atoms with E-state index >= 15 is 0 Å². The van der Waals surface area contributed by atoms with E-state index in [1.807, 2.05) is 29.2 Å². The standard InChI is InChI=1S/C14H20N2O4/c1-18-11-3-2-4-12(7-11)20-10-13-8-16(5-6-19-13)9-14(15)17/h2-4,7,13H,5-6,8-10H2,1H3,(H2,15,17)/t13-/m0/s1. The summed E-state index contributed by atoms with van der Waals surface area (Å²) in [6.07, 6.45) is -0.0608. The predicted molar refractivity (Wildman–Crippen MR) is 73.9 cm³/mol. The highest BCUT2D eigenvalue weighted by Gasteiger charge is 2.22. The largest absolute Gasteiger partial charge is 0.497 e. The average Bonchev–Trinajstić information content (AvgIpc) is 2.45. The van der Waals surface area contributed by atoms with E-state index in [2.05, 4.69) is 0 Å². The SMILES string of the molecule is COc1cccc(OC[C@@H]2CN(CC(N)=O)CCO2)c1. The van der Waals surface area contributed by atoms with Gasteiger partial charge in [-0.15, -0.1) is 0 Å². The number of hydrogen-bond acceptors (Lipinski definition) is 5. The Kier molecular flexibility index (Phi) is 5.20. The summed E-state index contributed by atoms with van der Waals surface area (Å²) in [6.45, 7) is 2.65. The molecule has 0 bridgehead atoms. The minimum absolute atomic E-state index is 0.0608. The van der Waals surface area contributed by atoms with Crippen LogP contribution < -0.4 is 15.2 Å². The normalized spacial score (nSPS) is 19.6. The number of nitrogens with two attached hydrogens (primary N) is 1. The second kappa shape index (κ2) is 7.12. The Labute approximate surface area is 118 Å². The van der Waals surface area contributed by atoms with Crippen molar-refractivity contribution in [3.8, 4) is 11.5 Å². The summed E-state index contributed by atoms with van der Waals surface area (Å²) in [6, 6.07) is 7.42. The predicted octanol–water partition coefficient (Wildman–Crippen LogP) is 0.260. The van der Waals surface area contributed by atoms with Gasteiger partial charge < -0.3 is 19.9 Å². The van der Waals surface area contributed by atoms with E-state index in [-0.39, 0.29) is 18.6 Å².